The molecule has 6 heteroatoms. The summed E-state index contributed by atoms with van der Waals surface area (Å²) in [4.78, 5) is -0.178. The number of nitrogens with zero attached hydrogens (tertiary/aromatic N) is 1. The molecule has 4 nitrogen and oxygen atoms in total. The Kier molecular flexibility index (Phi) is 8.27. The van der Waals surface area contributed by atoms with Crippen LogP contribution in [0, 0.1) is 10.5 Å². The largest absolute Gasteiger partial charge is 0.744 e. The molecule has 1 aliphatic heterocycles. The fourth-order valence-corrected chi connectivity index (χ4v) is 4.17. The SMILES string of the molecule is C[N+]1(CCCc2ccc(I)cc2)CCCC1.Cc1ccc(S(=O)(=O)[O-])cc1. The van der Waals surface area contributed by atoms with Crippen LogP contribution in [-0.4, -0.2) is 44.1 Å². The third-order valence-corrected chi connectivity index (χ3v) is 6.60. The van der Waals surface area contributed by atoms with Crippen molar-refractivity contribution in [2.75, 3.05) is 26.7 Å². The average Bonchev–Trinajstić information content (AvgIpc) is 3.04. The van der Waals surface area contributed by atoms with Gasteiger partial charge < -0.3 is 9.04 Å². The lowest BCUT2D eigenvalue weighted by molar-refractivity contribution is -0.897. The third-order valence-electron chi connectivity index (χ3n) is 5.03. The Labute approximate surface area is 177 Å². The molecule has 3 rings (SSSR count). The van der Waals surface area contributed by atoms with Crippen LogP contribution in [0.25, 0.3) is 0 Å². The molecule has 27 heavy (non-hydrogen) atoms. The zero-order chi connectivity index (χ0) is 19.9. The fourth-order valence-electron chi connectivity index (χ4n) is 3.34. The van der Waals surface area contributed by atoms with Gasteiger partial charge in [0.05, 0.1) is 31.6 Å². The van der Waals surface area contributed by atoms with E-state index in [0.717, 1.165) is 5.56 Å². The molecule has 1 aliphatic rings. The Bertz CT molecular complexity index is 812. The van der Waals surface area contributed by atoms with Crippen LogP contribution in [0.15, 0.2) is 53.4 Å². The summed E-state index contributed by atoms with van der Waals surface area (Å²) in [5, 5.41) is 0. The van der Waals surface area contributed by atoms with Crippen LogP contribution < -0.4 is 0 Å². The van der Waals surface area contributed by atoms with Gasteiger partial charge in [0.2, 0.25) is 0 Å². The highest BCUT2D eigenvalue weighted by atomic mass is 127. The van der Waals surface area contributed by atoms with Crippen LogP contribution in [0.5, 0.6) is 0 Å². The summed E-state index contributed by atoms with van der Waals surface area (Å²) >= 11 is 2.36. The molecule has 0 unspecified atom stereocenters. The summed E-state index contributed by atoms with van der Waals surface area (Å²) in [6.07, 6.45) is 5.43. The van der Waals surface area contributed by atoms with Crippen molar-refractivity contribution in [1.82, 2.24) is 0 Å². The van der Waals surface area contributed by atoms with E-state index in [9.17, 15) is 13.0 Å². The number of rotatable bonds is 5. The average molecular weight is 501 g/mol. The van der Waals surface area contributed by atoms with E-state index in [0.29, 0.717) is 0 Å². The first-order valence-corrected chi connectivity index (χ1v) is 11.8. The van der Waals surface area contributed by atoms with Crippen LogP contribution in [0.3, 0.4) is 0 Å². The van der Waals surface area contributed by atoms with Gasteiger partial charge in [-0.15, -0.1) is 0 Å². The van der Waals surface area contributed by atoms with Crippen molar-refractivity contribution in [2.45, 2.75) is 37.5 Å². The molecule has 0 aliphatic carbocycles. The molecule has 0 bridgehead atoms. The first kappa shape index (κ1) is 22.3. The Balaban J connectivity index is 0.000000208. The number of quaternary nitrogens is 1. The third kappa shape index (κ3) is 7.89. The molecule has 0 spiro atoms. The van der Waals surface area contributed by atoms with Crippen LogP contribution >= 0.6 is 22.6 Å². The predicted octanol–water partition coefficient (Wildman–Crippen LogP) is 4.36. The lowest BCUT2D eigenvalue weighted by Gasteiger charge is -2.29. The van der Waals surface area contributed by atoms with Crippen molar-refractivity contribution < 1.29 is 17.5 Å². The Hall–Kier alpha value is -0.960. The molecule has 0 radical (unpaired) electrons. The molecule has 2 aromatic rings. The Morgan fingerprint density at radius 1 is 1.00 bits per heavy atom. The van der Waals surface area contributed by atoms with E-state index in [1.165, 1.54) is 71.1 Å². The monoisotopic (exact) mass is 501 g/mol. The highest BCUT2D eigenvalue weighted by Gasteiger charge is 2.25. The predicted molar refractivity (Wildman–Crippen MR) is 117 cm³/mol. The molecule has 0 amide bonds. The molecule has 0 aromatic heterocycles. The van der Waals surface area contributed by atoms with Gasteiger partial charge in [-0.25, -0.2) is 8.42 Å². The van der Waals surface area contributed by atoms with Crippen molar-refractivity contribution in [3.63, 3.8) is 0 Å². The number of hydrogen-bond acceptors (Lipinski definition) is 3. The van der Waals surface area contributed by atoms with Crippen molar-refractivity contribution in [3.8, 4) is 0 Å². The standard InChI is InChI=1S/C14H21IN.C7H8O3S/c1-16(10-2-3-11-16)12-4-5-13-6-8-14(15)9-7-13;1-6-2-4-7(5-3-6)11(8,9)10/h6-9H,2-5,10-12H2,1H3;2-5H,1H3,(H,8,9,10)/q+1;/p-1. The maximum absolute atomic E-state index is 10.4. The molecule has 0 atom stereocenters. The summed E-state index contributed by atoms with van der Waals surface area (Å²) < 4.78 is 33.8. The molecule has 1 fully saturated rings. The Morgan fingerprint density at radius 3 is 2.07 bits per heavy atom. The first-order chi connectivity index (χ1) is 12.7. The lowest BCUT2D eigenvalue weighted by Crippen LogP contribution is -2.41. The van der Waals surface area contributed by atoms with Gasteiger partial charge >= 0.3 is 0 Å². The topological polar surface area (TPSA) is 57.2 Å². The van der Waals surface area contributed by atoms with Crippen LogP contribution in [0.1, 0.15) is 30.4 Å². The molecule has 148 valence electrons. The van der Waals surface area contributed by atoms with Gasteiger partial charge in [-0.05, 0) is 65.8 Å². The van der Waals surface area contributed by atoms with E-state index in [2.05, 4.69) is 53.9 Å². The van der Waals surface area contributed by atoms with E-state index >= 15 is 0 Å². The summed E-state index contributed by atoms with van der Waals surface area (Å²) in [5.74, 6) is 0. The van der Waals surface area contributed by atoms with Crippen LogP contribution in [-0.2, 0) is 16.5 Å². The maximum Gasteiger partial charge on any atom is 0.124 e. The minimum atomic E-state index is -4.27. The number of halogens is 1. The van der Waals surface area contributed by atoms with Gasteiger partial charge in [0.1, 0.15) is 10.1 Å². The molecule has 1 saturated heterocycles. The van der Waals surface area contributed by atoms with Crippen molar-refractivity contribution >= 4 is 32.7 Å². The second-order valence-electron chi connectivity index (χ2n) is 7.49. The second kappa shape index (κ2) is 10.0. The van der Waals surface area contributed by atoms with Crippen molar-refractivity contribution in [3.05, 3.63) is 63.2 Å². The first-order valence-electron chi connectivity index (χ1n) is 9.29. The highest BCUT2D eigenvalue weighted by Crippen LogP contribution is 2.18. The molecular formula is C21H28INO3S. The van der Waals surface area contributed by atoms with Gasteiger partial charge in [0.25, 0.3) is 0 Å². The molecule has 2 aromatic carbocycles. The molecule has 1 heterocycles. The van der Waals surface area contributed by atoms with Gasteiger partial charge in [0, 0.05) is 22.8 Å². The van der Waals surface area contributed by atoms with Crippen molar-refractivity contribution in [1.29, 1.82) is 0 Å². The number of aryl methyl sites for hydroxylation is 2. The van der Waals surface area contributed by atoms with E-state index < -0.39 is 10.1 Å². The van der Waals surface area contributed by atoms with Crippen LogP contribution in [0.4, 0.5) is 0 Å². The van der Waals surface area contributed by atoms with E-state index in [1.54, 1.807) is 12.1 Å². The fraction of sp³-hybridized carbons (Fsp3) is 0.429. The Morgan fingerprint density at radius 2 is 1.56 bits per heavy atom. The van der Waals surface area contributed by atoms with Gasteiger partial charge in [0.15, 0.2) is 0 Å². The van der Waals surface area contributed by atoms with Crippen molar-refractivity contribution in [2.24, 2.45) is 0 Å². The number of likely N-dealkylation sites (tertiary alicyclic amines) is 1. The summed E-state index contributed by atoms with van der Waals surface area (Å²) in [6.45, 7) is 5.96. The molecular weight excluding hydrogens is 473 g/mol. The van der Waals surface area contributed by atoms with Gasteiger partial charge in [-0.3, -0.25) is 0 Å². The number of benzene rings is 2. The van der Waals surface area contributed by atoms with E-state index in [-0.39, 0.29) is 4.90 Å². The normalized spacial score (nSPS) is 15.9. The smallest absolute Gasteiger partial charge is 0.124 e. The minimum Gasteiger partial charge on any atom is -0.744 e. The van der Waals surface area contributed by atoms with Gasteiger partial charge in [-0.1, -0.05) is 29.8 Å². The highest BCUT2D eigenvalue weighted by molar-refractivity contribution is 14.1. The zero-order valence-corrected chi connectivity index (χ0v) is 19.0. The summed E-state index contributed by atoms with van der Waals surface area (Å²) in [6, 6.07) is 14.7. The summed E-state index contributed by atoms with van der Waals surface area (Å²) in [5.41, 5.74) is 2.42. The second-order valence-corrected chi connectivity index (χ2v) is 10.1. The number of hydrogen-bond donors (Lipinski definition) is 0. The zero-order valence-electron chi connectivity index (χ0n) is 16.0. The van der Waals surface area contributed by atoms with E-state index in [1.807, 2.05) is 6.92 Å². The maximum atomic E-state index is 10.4. The quantitative estimate of drug-likeness (QED) is 0.348. The molecule has 0 saturated carbocycles. The van der Waals surface area contributed by atoms with Crippen LogP contribution in [0.2, 0.25) is 0 Å². The summed E-state index contributed by atoms with van der Waals surface area (Å²) in [7, 11) is -1.85. The van der Waals surface area contributed by atoms with Gasteiger partial charge in [-0.2, -0.15) is 0 Å². The van der Waals surface area contributed by atoms with E-state index in [4.69, 9.17) is 0 Å². The minimum absolute atomic E-state index is 0.178. The lowest BCUT2D eigenvalue weighted by atomic mass is 10.1. The molecule has 0 N–H and O–H groups in total.